The molecule has 3 aromatic heterocycles. The van der Waals surface area contributed by atoms with Crippen LogP contribution in [0.2, 0.25) is 0 Å². The van der Waals surface area contributed by atoms with Crippen LogP contribution in [0.1, 0.15) is 20.8 Å². The Balaban J connectivity index is 2.07. The molecule has 4 nitrogen and oxygen atoms in total. The van der Waals surface area contributed by atoms with Gasteiger partial charge in [-0.05, 0) is 48.8 Å². The van der Waals surface area contributed by atoms with Gasteiger partial charge < -0.3 is 5.32 Å². The molecule has 0 saturated carbocycles. The molecule has 0 aliphatic rings. The highest BCUT2D eigenvalue weighted by Gasteiger charge is 2.14. The fraction of sp³-hybridized carbons (Fsp3) is 0.333. The molecule has 3 aromatic rings. The number of aryl methyl sites for hydroxylation is 1. The minimum absolute atomic E-state index is 0.0116. The molecular formula is C15H17BrN4S. The molecule has 0 bridgehead atoms. The van der Waals surface area contributed by atoms with E-state index >= 15 is 0 Å². The van der Waals surface area contributed by atoms with Crippen molar-refractivity contribution in [1.82, 2.24) is 14.8 Å². The van der Waals surface area contributed by atoms with E-state index in [2.05, 4.69) is 53.2 Å². The Morgan fingerprint density at radius 3 is 2.67 bits per heavy atom. The predicted molar refractivity (Wildman–Crippen MR) is 92.9 cm³/mol. The molecule has 3 heterocycles. The quantitative estimate of drug-likeness (QED) is 0.718. The molecule has 6 heteroatoms. The SMILES string of the molecule is Cn1cc(-c2cc3nc(NC(C)(C)C)cc(Br)c3s2)cn1. The molecule has 0 fully saturated rings. The maximum atomic E-state index is 4.72. The summed E-state index contributed by atoms with van der Waals surface area (Å²) in [6.45, 7) is 6.38. The van der Waals surface area contributed by atoms with Gasteiger partial charge in [-0.2, -0.15) is 5.10 Å². The average Bonchev–Trinajstić information content (AvgIpc) is 2.92. The van der Waals surface area contributed by atoms with Crippen LogP contribution in [-0.4, -0.2) is 20.3 Å². The molecule has 0 aliphatic carbocycles. The Hall–Kier alpha value is -1.40. The van der Waals surface area contributed by atoms with Gasteiger partial charge in [0.2, 0.25) is 0 Å². The first kappa shape index (κ1) is 14.5. The van der Waals surface area contributed by atoms with Crippen LogP contribution in [0.3, 0.4) is 0 Å². The number of anilines is 1. The van der Waals surface area contributed by atoms with Gasteiger partial charge in [0.25, 0.3) is 0 Å². The smallest absolute Gasteiger partial charge is 0.128 e. The maximum Gasteiger partial charge on any atom is 0.128 e. The minimum atomic E-state index is -0.0116. The molecule has 21 heavy (non-hydrogen) atoms. The van der Waals surface area contributed by atoms with E-state index in [1.165, 1.54) is 4.88 Å². The van der Waals surface area contributed by atoms with Crippen molar-refractivity contribution in [2.75, 3.05) is 5.32 Å². The van der Waals surface area contributed by atoms with Crippen molar-refractivity contribution in [2.24, 2.45) is 7.05 Å². The van der Waals surface area contributed by atoms with Gasteiger partial charge in [-0.15, -0.1) is 11.3 Å². The lowest BCUT2D eigenvalue weighted by Crippen LogP contribution is -2.26. The monoisotopic (exact) mass is 364 g/mol. The highest BCUT2D eigenvalue weighted by molar-refractivity contribution is 9.10. The first-order chi connectivity index (χ1) is 9.82. The number of fused-ring (bicyclic) bond motifs is 1. The molecule has 0 amide bonds. The van der Waals surface area contributed by atoms with Crippen LogP contribution in [0.5, 0.6) is 0 Å². The topological polar surface area (TPSA) is 42.7 Å². The number of hydrogen-bond donors (Lipinski definition) is 1. The molecule has 0 radical (unpaired) electrons. The van der Waals surface area contributed by atoms with Gasteiger partial charge in [0, 0.05) is 33.7 Å². The molecule has 110 valence electrons. The van der Waals surface area contributed by atoms with E-state index in [4.69, 9.17) is 4.98 Å². The van der Waals surface area contributed by atoms with Crippen LogP contribution in [0.25, 0.3) is 20.7 Å². The zero-order valence-electron chi connectivity index (χ0n) is 12.4. The van der Waals surface area contributed by atoms with E-state index in [9.17, 15) is 0 Å². The average molecular weight is 365 g/mol. The number of thiophene rings is 1. The van der Waals surface area contributed by atoms with Crippen molar-refractivity contribution in [3.63, 3.8) is 0 Å². The third-order valence-corrected chi connectivity index (χ3v) is 5.02. The highest BCUT2D eigenvalue weighted by Crippen LogP contribution is 2.37. The summed E-state index contributed by atoms with van der Waals surface area (Å²) >= 11 is 5.38. The molecule has 3 rings (SSSR count). The largest absolute Gasteiger partial charge is 0.365 e. The highest BCUT2D eigenvalue weighted by atomic mass is 79.9. The van der Waals surface area contributed by atoms with Crippen LogP contribution in [0.4, 0.5) is 5.82 Å². The van der Waals surface area contributed by atoms with Gasteiger partial charge in [-0.25, -0.2) is 4.98 Å². The van der Waals surface area contributed by atoms with E-state index in [0.717, 1.165) is 26.1 Å². The first-order valence-corrected chi connectivity index (χ1v) is 8.30. The van der Waals surface area contributed by atoms with Gasteiger partial charge in [0.15, 0.2) is 0 Å². The fourth-order valence-electron chi connectivity index (χ4n) is 2.12. The molecule has 0 aliphatic heterocycles. The van der Waals surface area contributed by atoms with Crippen LogP contribution < -0.4 is 5.32 Å². The zero-order chi connectivity index (χ0) is 15.2. The number of pyridine rings is 1. The second-order valence-corrected chi connectivity index (χ2v) is 8.00. The number of hydrogen-bond acceptors (Lipinski definition) is 4. The fourth-order valence-corrected chi connectivity index (χ4v) is 3.76. The maximum absolute atomic E-state index is 4.72. The molecule has 1 N–H and O–H groups in total. The van der Waals surface area contributed by atoms with Gasteiger partial charge in [0.1, 0.15) is 5.82 Å². The summed E-state index contributed by atoms with van der Waals surface area (Å²) in [5.74, 6) is 0.886. The van der Waals surface area contributed by atoms with Gasteiger partial charge >= 0.3 is 0 Å². The van der Waals surface area contributed by atoms with E-state index in [1.807, 2.05) is 30.2 Å². The third-order valence-electron chi connectivity index (χ3n) is 2.93. The molecule has 0 unspecified atom stereocenters. The van der Waals surface area contributed by atoms with Crippen LogP contribution >= 0.6 is 27.3 Å². The van der Waals surface area contributed by atoms with Crippen molar-refractivity contribution in [1.29, 1.82) is 0 Å². The molecule has 0 spiro atoms. The summed E-state index contributed by atoms with van der Waals surface area (Å²) in [6.07, 6.45) is 3.90. The van der Waals surface area contributed by atoms with E-state index in [0.29, 0.717) is 0 Å². The Bertz CT molecular complexity index is 798. The minimum Gasteiger partial charge on any atom is -0.365 e. The summed E-state index contributed by atoms with van der Waals surface area (Å²) in [4.78, 5) is 5.90. The molecular weight excluding hydrogens is 348 g/mol. The lowest BCUT2D eigenvalue weighted by molar-refractivity contribution is 0.631. The first-order valence-electron chi connectivity index (χ1n) is 6.69. The van der Waals surface area contributed by atoms with Crippen LogP contribution in [0.15, 0.2) is 29.0 Å². The summed E-state index contributed by atoms with van der Waals surface area (Å²) in [5, 5.41) is 7.64. The van der Waals surface area contributed by atoms with Crippen molar-refractivity contribution in [2.45, 2.75) is 26.3 Å². The number of halogens is 1. The predicted octanol–water partition coefficient (Wildman–Crippen LogP) is 4.67. The Labute approximate surface area is 136 Å². The van der Waals surface area contributed by atoms with Crippen LogP contribution in [-0.2, 0) is 7.05 Å². The van der Waals surface area contributed by atoms with Crippen molar-refractivity contribution in [3.8, 4) is 10.4 Å². The van der Waals surface area contributed by atoms with Crippen molar-refractivity contribution >= 4 is 43.3 Å². The number of rotatable bonds is 2. The Morgan fingerprint density at radius 2 is 2.05 bits per heavy atom. The number of nitrogens with one attached hydrogen (secondary N) is 1. The lowest BCUT2D eigenvalue weighted by atomic mass is 10.1. The van der Waals surface area contributed by atoms with Crippen LogP contribution in [0, 0.1) is 0 Å². The lowest BCUT2D eigenvalue weighted by Gasteiger charge is -2.21. The standard InChI is InChI=1S/C15H17BrN4S/c1-15(2,3)19-13-5-10(16)14-11(18-13)6-12(21-14)9-7-17-20(4)8-9/h5-8H,1-4H3,(H,18,19). The number of nitrogens with zero attached hydrogens (tertiary/aromatic N) is 3. The molecule has 0 aromatic carbocycles. The summed E-state index contributed by atoms with van der Waals surface area (Å²) in [5.41, 5.74) is 2.11. The van der Waals surface area contributed by atoms with Gasteiger partial charge in [-0.1, -0.05) is 0 Å². The summed E-state index contributed by atoms with van der Waals surface area (Å²) < 4.78 is 4.04. The third kappa shape index (κ3) is 3.11. The number of aromatic nitrogens is 3. The second-order valence-electron chi connectivity index (χ2n) is 6.09. The zero-order valence-corrected chi connectivity index (χ0v) is 14.8. The molecule has 0 atom stereocenters. The summed E-state index contributed by atoms with van der Waals surface area (Å²) in [6, 6.07) is 4.16. The second kappa shape index (κ2) is 5.10. The summed E-state index contributed by atoms with van der Waals surface area (Å²) in [7, 11) is 1.93. The van der Waals surface area contributed by atoms with Gasteiger partial charge in [0.05, 0.1) is 16.4 Å². The van der Waals surface area contributed by atoms with Crippen molar-refractivity contribution < 1.29 is 0 Å². The molecule has 0 saturated heterocycles. The Morgan fingerprint density at radius 1 is 1.29 bits per heavy atom. The van der Waals surface area contributed by atoms with Gasteiger partial charge in [-0.3, -0.25) is 4.68 Å². The Kier molecular flexibility index (Phi) is 3.53. The van der Waals surface area contributed by atoms with Crippen molar-refractivity contribution in [3.05, 3.63) is 29.0 Å². The van der Waals surface area contributed by atoms with E-state index in [-0.39, 0.29) is 5.54 Å². The van der Waals surface area contributed by atoms with E-state index in [1.54, 1.807) is 11.3 Å². The normalized spacial score (nSPS) is 12.0. The van der Waals surface area contributed by atoms with E-state index < -0.39 is 0 Å².